The van der Waals surface area contributed by atoms with E-state index in [1.54, 1.807) is 0 Å². The Kier molecular flexibility index (Phi) is 2.70. The second-order valence-corrected chi connectivity index (χ2v) is 4.17. The van der Waals surface area contributed by atoms with Crippen LogP contribution in [0.2, 0.25) is 0 Å². The topological polar surface area (TPSA) is 6.48 Å². The van der Waals surface area contributed by atoms with E-state index in [1.807, 2.05) is 0 Å². The molecule has 0 fully saturated rings. The molecule has 1 aliphatic heterocycles. The van der Waals surface area contributed by atoms with Crippen molar-refractivity contribution < 1.29 is 0 Å². The van der Waals surface area contributed by atoms with E-state index in [4.69, 9.17) is 0 Å². The number of fused-ring (bicyclic) bond motifs is 1. The van der Waals surface area contributed by atoms with Crippen LogP contribution in [0.3, 0.4) is 0 Å². The Morgan fingerprint density at radius 3 is 2.86 bits per heavy atom. The third kappa shape index (κ3) is 1.51. The van der Waals surface area contributed by atoms with Crippen molar-refractivity contribution in [3.05, 3.63) is 23.8 Å². The Bertz CT molecular complexity index is 338. The largest absolute Gasteiger partial charge is 0.308 e. The van der Waals surface area contributed by atoms with Crippen molar-refractivity contribution in [2.24, 2.45) is 0 Å². The number of hydrogen-bond donors (Lipinski definition) is 1. The molecule has 0 aromatic heterocycles. The van der Waals surface area contributed by atoms with E-state index in [-0.39, 0.29) is 0 Å². The minimum atomic E-state index is 0.999. The molecule has 0 unspecified atom stereocenters. The summed E-state index contributed by atoms with van der Waals surface area (Å²) in [6, 6.07) is 6.28. The van der Waals surface area contributed by atoms with Crippen LogP contribution in [0.5, 0.6) is 0 Å². The van der Waals surface area contributed by atoms with E-state index in [0.717, 1.165) is 18.0 Å². The number of anilines is 1. The Morgan fingerprint density at radius 1 is 1.43 bits per heavy atom. The predicted molar refractivity (Wildman–Crippen MR) is 62.8 cm³/mol. The molecular formula is C11H16N2S. The highest BCUT2D eigenvalue weighted by atomic mass is 32.1. The maximum atomic E-state index is 4.48. The van der Waals surface area contributed by atoms with Gasteiger partial charge in [0.25, 0.3) is 0 Å². The van der Waals surface area contributed by atoms with Crippen LogP contribution in [0.4, 0.5) is 5.69 Å². The van der Waals surface area contributed by atoms with Gasteiger partial charge >= 0.3 is 0 Å². The normalized spacial score (nSPS) is 16.1. The summed E-state index contributed by atoms with van der Waals surface area (Å²) >= 11 is 4.48. The monoisotopic (exact) mass is 208 g/mol. The van der Waals surface area contributed by atoms with Gasteiger partial charge in [-0.05, 0) is 18.6 Å². The lowest BCUT2D eigenvalue weighted by atomic mass is 10.2. The van der Waals surface area contributed by atoms with Gasteiger partial charge in [-0.2, -0.15) is 0 Å². The highest BCUT2D eigenvalue weighted by Crippen LogP contribution is 2.33. The molecule has 0 N–H and O–H groups in total. The van der Waals surface area contributed by atoms with Gasteiger partial charge in [0.2, 0.25) is 0 Å². The molecule has 2 nitrogen and oxygen atoms in total. The van der Waals surface area contributed by atoms with Crippen molar-refractivity contribution in [2.45, 2.75) is 24.8 Å². The molecule has 1 aromatic rings. The van der Waals surface area contributed by atoms with Gasteiger partial charge in [-0.15, -0.1) is 12.6 Å². The fraction of sp³-hybridized carbons (Fsp3) is 0.455. The molecule has 2 rings (SSSR count). The first-order chi connectivity index (χ1) is 6.74. The summed E-state index contributed by atoms with van der Waals surface area (Å²) in [5.41, 5.74) is 2.65. The van der Waals surface area contributed by atoms with E-state index < -0.39 is 0 Å². The van der Waals surface area contributed by atoms with Crippen LogP contribution in [0, 0.1) is 0 Å². The summed E-state index contributed by atoms with van der Waals surface area (Å²) in [4.78, 5) is 1.10. The summed E-state index contributed by atoms with van der Waals surface area (Å²) in [5.74, 6) is 0. The minimum Gasteiger partial charge on any atom is -0.308 e. The first-order valence-electron chi connectivity index (χ1n) is 5.03. The maximum absolute atomic E-state index is 4.48. The second kappa shape index (κ2) is 3.83. The van der Waals surface area contributed by atoms with Crippen molar-refractivity contribution in [1.29, 1.82) is 0 Å². The summed E-state index contributed by atoms with van der Waals surface area (Å²) < 4.78 is 0. The third-order valence-electron chi connectivity index (χ3n) is 2.72. The first kappa shape index (κ1) is 9.87. The minimum absolute atomic E-state index is 0.999. The number of rotatable bonds is 2. The Morgan fingerprint density at radius 2 is 2.21 bits per heavy atom. The van der Waals surface area contributed by atoms with E-state index in [0.29, 0.717) is 0 Å². The molecule has 0 spiro atoms. The highest BCUT2D eigenvalue weighted by Gasteiger charge is 2.24. The van der Waals surface area contributed by atoms with Crippen LogP contribution in [-0.4, -0.2) is 18.6 Å². The molecule has 0 atom stereocenters. The number of benzene rings is 1. The van der Waals surface area contributed by atoms with E-state index >= 15 is 0 Å². The van der Waals surface area contributed by atoms with Gasteiger partial charge in [-0.25, -0.2) is 5.01 Å². The van der Waals surface area contributed by atoms with Crippen molar-refractivity contribution in [3.63, 3.8) is 0 Å². The lowest BCUT2D eigenvalue weighted by Crippen LogP contribution is -2.34. The number of thiol groups is 1. The van der Waals surface area contributed by atoms with Crippen LogP contribution in [-0.2, 0) is 6.54 Å². The second-order valence-electron chi connectivity index (χ2n) is 3.69. The molecule has 3 heteroatoms. The molecule has 76 valence electrons. The van der Waals surface area contributed by atoms with E-state index in [1.165, 1.54) is 17.7 Å². The van der Waals surface area contributed by atoms with Gasteiger partial charge in [0.1, 0.15) is 0 Å². The van der Waals surface area contributed by atoms with Gasteiger partial charge in [0.05, 0.1) is 5.69 Å². The summed E-state index contributed by atoms with van der Waals surface area (Å²) in [5, 5.41) is 4.59. The average molecular weight is 208 g/mol. The Balaban J connectivity index is 2.30. The molecule has 0 aliphatic carbocycles. The lowest BCUT2D eigenvalue weighted by Gasteiger charge is -2.25. The van der Waals surface area contributed by atoms with Gasteiger partial charge in [-0.3, -0.25) is 0 Å². The maximum Gasteiger partial charge on any atom is 0.0575 e. The number of nitrogens with zero attached hydrogens (tertiary/aromatic N) is 2. The average Bonchev–Trinajstić information content (AvgIpc) is 2.48. The van der Waals surface area contributed by atoms with Crippen LogP contribution in [0.1, 0.15) is 18.9 Å². The number of hydrazine groups is 1. The van der Waals surface area contributed by atoms with Crippen molar-refractivity contribution in [2.75, 3.05) is 18.6 Å². The summed E-state index contributed by atoms with van der Waals surface area (Å²) in [6.45, 7) is 4.32. The molecule has 14 heavy (non-hydrogen) atoms. The highest BCUT2D eigenvalue weighted by molar-refractivity contribution is 7.80. The van der Waals surface area contributed by atoms with Crippen molar-refractivity contribution >= 4 is 18.3 Å². The van der Waals surface area contributed by atoms with Crippen molar-refractivity contribution in [3.8, 4) is 0 Å². The Hall–Kier alpha value is -0.670. The van der Waals surface area contributed by atoms with Gasteiger partial charge < -0.3 is 5.01 Å². The molecule has 0 saturated heterocycles. The fourth-order valence-electron chi connectivity index (χ4n) is 1.96. The summed E-state index contributed by atoms with van der Waals surface area (Å²) in [6.07, 6.45) is 1.18. The zero-order chi connectivity index (χ0) is 10.1. The summed E-state index contributed by atoms with van der Waals surface area (Å²) in [7, 11) is 2.12. The van der Waals surface area contributed by atoms with Crippen molar-refractivity contribution in [1.82, 2.24) is 5.01 Å². The van der Waals surface area contributed by atoms with Gasteiger partial charge in [0, 0.05) is 30.6 Å². The molecule has 0 saturated carbocycles. The van der Waals surface area contributed by atoms with E-state index in [2.05, 4.69) is 54.8 Å². The van der Waals surface area contributed by atoms with Crippen LogP contribution < -0.4 is 5.01 Å². The molecule has 1 aliphatic rings. The zero-order valence-corrected chi connectivity index (χ0v) is 9.59. The van der Waals surface area contributed by atoms with Crippen LogP contribution in [0.25, 0.3) is 0 Å². The molecule has 1 aromatic carbocycles. The Labute approximate surface area is 90.9 Å². The van der Waals surface area contributed by atoms with Crippen LogP contribution >= 0.6 is 12.6 Å². The SMILES string of the molecule is CCCN1Cc2c(S)cccc2N1C. The van der Waals surface area contributed by atoms with Gasteiger partial charge in [0.15, 0.2) is 0 Å². The smallest absolute Gasteiger partial charge is 0.0575 e. The van der Waals surface area contributed by atoms with Gasteiger partial charge in [-0.1, -0.05) is 13.0 Å². The zero-order valence-electron chi connectivity index (χ0n) is 8.70. The number of hydrogen-bond acceptors (Lipinski definition) is 3. The predicted octanol–water partition coefficient (Wildman–Crippen LogP) is 2.55. The van der Waals surface area contributed by atoms with Crippen LogP contribution in [0.15, 0.2) is 23.1 Å². The first-order valence-corrected chi connectivity index (χ1v) is 5.48. The standard InChI is InChI=1S/C11H16N2S/c1-3-7-13-8-9-10(12(13)2)5-4-6-11(9)14/h4-6,14H,3,7-8H2,1-2H3. The molecular weight excluding hydrogens is 192 g/mol. The molecule has 0 amide bonds. The molecule has 1 heterocycles. The molecule has 0 bridgehead atoms. The lowest BCUT2D eigenvalue weighted by molar-refractivity contribution is 0.278. The molecule has 0 radical (unpaired) electrons. The quantitative estimate of drug-likeness (QED) is 0.746. The van der Waals surface area contributed by atoms with E-state index in [9.17, 15) is 0 Å². The fourth-order valence-corrected chi connectivity index (χ4v) is 2.23. The third-order valence-corrected chi connectivity index (χ3v) is 3.14.